The molecule has 59 heavy (non-hydrogen) atoms. The second-order valence-corrected chi connectivity index (χ2v) is 17.4. The number of carbonyl (C=O) groups is 6. The smallest absolute Gasteiger partial charge is 0.408 e. The highest BCUT2D eigenvalue weighted by molar-refractivity contribution is 6.00. The molecule has 14 heteroatoms. The van der Waals surface area contributed by atoms with Crippen LogP contribution in [0.1, 0.15) is 104 Å². The van der Waals surface area contributed by atoms with Crippen molar-refractivity contribution < 1.29 is 62.7 Å². The molecular formula is C45H55NO13. The van der Waals surface area contributed by atoms with Crippen molar-refractivity contribution in [3.63, 3.8) is 0 Å². The number of nitrogens with one attached hydrogen (secondary N) is 1. The molecule has 0 radical (unpaired) electrons. The van der Waals surface area contributed by atoms with E-state index in [2.05, 4.69) is 11.9 Å². The summed E-state index contributed by atoms with van der Waals surface area (Å²) < 4.78 is 29.9. The molecule has 0 saturated heterocycles. The molecular weight excluding hydrogens is 762 g/mol. The molecule has 3 aliphatic carbocycles. The lowest BCUT2D eigenvalue weighted by Gasteiger charge is -2.53. The molecule has 9 atom stereocenters. The maximum atomic E-state index is 14.1. The number of ketones is 1. The molecule has 318 valence electrons. The van der Waals surface area contributed by atoms with Crippen LogP contribution in [0.3, 0.4) is 0 Å². The number of esters is 4. The predicted octanol–water partition coefficient (Wildman–Crippen LogP) is 5.65. The van der Waals surface area contributed by atoms with Crippen LogP contribution in [0.4, 0.5) is 4.79 Å². The molecule has 0 heterocycles. The molecule has 3 aliphatic rings. The number of benzene rings is 2. The molecule has 2 fully saturated rings. The van der Waals surface area contributed by atoms with Crippen molar-refractivity contribution in [2.24, 2.45) is 16.7 Å². The number of amides is 1. The molecule has 0 bridgehead atoms. The first-order valence-corrected chi connectivity index (χ1v) is 19.6. The molecule has 0 aliphatic heterocycles. The number of hydrogen-bond acceptors (Lipinski definition) is 13. The fourth-order valence-electron chi connectivity index (χ4n) is 9.01. The van der Waals surface area contributed by atoms with Gasteiger partial charge in [0.15, 0.2) is 24.1 Å². The summed E-state index contributed by atoms with van der Waals surface area (Å²) in [5.74, 6) is -4.76. The molecule has 0 unspecified atom stereocenters. The quantitative estimate of drug-likeness (QED) is 0.151. The van der Waals surface area contributed by atoms with E-state index in [0.717, 1.165) is 0 Å². The summed E-state index contributed by atoms with van der Waals surface area (Å²) in [7, 11) is 0. The summed E-state index contributed by atoms with van der Waals surface area (Å²) in [4.78, 5) is 80.8. The summed E-state index contributed by atoms with van der Waals surface area (Å²) in [6, 6.07) is 15.0. The number of fused-ring (bicyclic) bond motifs is 2. The molecule has 2 aromatic rings. The Morgan fingerprint density at radius 3 is 2.00 bits per heavy atom. The third-order valence-corrected chi connectivity index (χ3v) is 11.9. The van der Waals surface area contributed by atoms with Gasteiger partial charge in [-0.1, -0.05) is 62.0 Å². The van der Waals surface area contributed by atoms with Gasteiger partial charge < -0.3 is 39.2 Å². The zero-order valence-electron chi connectivity index (χ0n) is 35.0. The Hall–Kier alpha value is -5.34. The number of carbonyl (C=O) groups excluding carboxylic acids is 6. The topological polar surface area (TPSA) is 201 Å². The van der Waals surface area contributed by atoms with Crippen LogP contribution in [-0.2, 0) is 42.9 Å². The minimum absolute atomic E-state index is 0.0807. The van der Waals surface area contributed by atoms with E-state index in [1.807, 2.05) is 0 Å². The Labute approximate surface area is 344 Å². The van der Waals surface area contributed by atoms with Gasteiger partial charge in [0.25, 0.3) is 0 Å². The Balaban J connectivity index is 1.64. The summed E-state index contributed by atoms with van der Waals surface area (Å²) in [6.45, 7) is 18.0. The molecule has 1 amide bonds. The zero-order valence-corrected chi connectivity index (χ0v) is 35.0. The van der Waals surface area contributed by atoms with Crippen LogP contribution in [0, 0.1) is 16.7 Å². The average molecular weight is 818 g/mol. The predicted molar refractivity (Wildman–Crippen MR) is 212 cm³/mol. The second-order valence-electron chi connectivity index (χ2n) is 17.4. The van der Waals surface area contributed by atoms with Gasteiger partial charge in [0, 0.05) is 32.1 Å². The van der Waals surface area contributed by atoms with Gasteiger partial charge in [-0.2, -0.15) is 0 Å². The highest BCUT2D eigenvalue weighted by atomic mass is 16.6. The fraction of sp³-hybridized carbons (Fsp3) is 0.511. The van der Waals surface area contributed by atoms with Crippen molar-refractivity contribution in [1.82, 2.24) is 5.32 Å². The standard InChI is InChI=1S/C45H55NO13/c1-24-30-22-45(43(8,9)54)23-31(49)25(2)34(45)37(58-39(51)29-19-15-12-16-20-29)38(56-27(4)48)44(30,10)33(55-26(3)47)21-32(24)57-40(52)36(50)35(28-17-13-11-14-18-28)46-41(53)59-42(5,6)7/h11-20,30,32-33,35-38,50,54H,1,21-23H2,2-10H3,(H,46,53)/t30-,32+,33+,35+,36-,37-,38+,44+,45+/m1/s1. The van der Waals surface area contributed by atoms with Gasteiger partial charge in [-0.15, -0.1) is 0 Å². The molecule has 2 aromatic carbocycles. The Bertz CT molecular complexity index is 2010. The van der Waals surface area contributed by atoms with Crippen LogP contribution in [-0.4, -0.2) is 87.7 Å². The van der Waals surface area contributed by atoms with Gasteiger partial charge >= 0.3 is 30.0 Å². The first-order valence-electron chi connectivity index (χ1n) is 19.6. The number of ether oxygens (including phenoxy) is 5. The molecule has 0 aromatic heterocycles. The van der Waals surface area contributed by atoms with Crippen LogP contribution in [0.15, 0.2) is 84.0 Å². The Morgan fingerprint density at radius 1 is 0.881 bits per heavy atom. The van der Waals surface area contributed by atoms with E-state index in [0.29, 0.717) is 5.56 Å². The Morgan fingerprint density at radius 2 is 1.46 bits per heavy atom. The van der Waals surface area contributed by atoms with Gasteiger partial charge in [0.2, 0.25) is 0 Å². The van der Waals surface area contributed by atoms with Crippen LogP contribution >= 0.6 is 0 Å². The van der Waals surface area contributed by atoms with Crippen molar-refractivity contribution in [2.45, 2.75) is 129 Å². The summed E-state index contributed by atoms with van der Waals surface area (Å²) in [5.41, 5.74) is -4.32. The molecule has 5 rings (SSSR count). The number of aliphatic hydroxyl groups is 2. The van der Waals surface area contributed by atoms with E-state index < -0.39 is 94.5 Å². The normalized spacial score (nSPS) is 27.9. The van der Waals surface area contributed by atoms with Gasteiger partial charge in [-0.3, -0.25) is 14.4 Å². The van der Waals surface area contributed by atoms with Gasteiger partial charge in [0.1, 0.15) is 17.8 Å². The van der Waals surface area contributed by atoms with E-state index in [-0.39, 0.29) is 47.3 Å². The van der Waals surface area contributed by atoms with Crippen molar-refractivity contribution in [2.75, 3.05) is 0 Å². The molecule has 14 nitrogen and oxygen atoms in total. The van der Waals surface area contributed by atoms with Crippen LogP contribution in [0.5, 0.6) is 0 Å². The third kappa shape index (κ3) is 8.98. The van der Waals surface area contributed by atoms with Crippen LogP contribution in [0.25, 0.3) is 0 Å². The zero-order chi connectivity index (χ0) is 43.8. The number of allylic oxidation sites excluding steroid dienone is 1. The first-order chi connectivity index (χ1) is 27.4. The lowest BCUT2D eigenvalue weighted by atomic mass is 9.56. The third-order valence-electron chi connectivity index (χ3n) is 11.9. The lowest BCUT2D eigenvalue weighted by Crippen LogP contribution is -2.60. The largest absolute Gasteiger partial charge is 0.462 e. The molecule has 3 N–H and O–H groups in total. The summed E-state index contributed by atoms with van der Waals surface area (Å²) in [6.07, 6.45) is -8.83. The van der Waals surface area contributed by atoms with Crippen LogP contribution in [0.2, 0.25) is 0 Å². The van der Waals surface area contributed by atoms with E-state index in [1.165, 1.54) is 39.8 Å². The van der Waals surface area contributed by atoms with E-state index in [9.17, 15) is 39.0 Å². The lowest BCUT2D eigenvalue weighted by molar-refractivity contribution is -0.199. The maximum Gasteiger partial charge on any atom is 0.408 e. The average Bonchev–Trinajstić information content (AvgIpc) is 3.36. The molecule has 0 spiro atoms. The number of aliphatic hydroxyl groups excluding tert-OH is 1. The fourth-order valence-corrected chi connectivity index (χ4v) is 9.01. The number of alkyl carbamates (subject to hydrolysis) is 1. The highest BCUT2D eigenvalue weighted by Crippen LogP contribution is 2.65. The summed E-state index contributed by atoms with van der Waals surface area (Å²) >= 11 is 0. The van der Waals surface area contributed by atoms with Crippen molar-refractivity contribution in [3.8, 4) is 0 Å². The van der Waals surface area contributed by atoms with Gasteiger partial charge in [-0.05, 0) is 88.3 Å². The Kier molecular flexibility index (Phi) is 12.7. The minimum Gasteiger partial charge on any atom is -0.462 e. The van der Waals surface area contributed by atoms with Crippen molar-refractivity contribution >= 4 is 35.8 Å². The number of Topliss-reactive ketones (excluding diaryl/α,β-unsaturated/α-hetero) is 1. The molecule has 2 saturated carbocycles. The number of hydrogen-bond donors (Lipinski definition) is 3. The van der Waals surface area contributed by atoms with Crippen molar-refractivity contribution in [1.29, 1.82) is 0 Å². The highest BCUT2D eigenvalue weighted by Gasteiger charge is 2.69. The van der Waals surface area contributed by atoms with Gasteiger partial charge in [0.05, 0.1) is 22.6 Å². The van der Waals surface area contributed by atoms with E-state index in [1.54, 1.807) is 83.1 Å². The van der Waals surface area contributed by atoms with Crippen LogP contribution < -0.4 is 5.32 Å². The first kappa shape index (κ1) is 44.8. The van der Waals surface area contributed by atoms with E-state index >= 15 is 0 Å². The van der Waals surface area contributed by atoms with Gasteiger partial charge in [-0.25, -0.2) is 14.4 Å². The second kappa shape index (κ2) is 16.7. The minimum atomic E-state index is -1.98. The number of rotatable bonds is 10. The summed E-state index contributed by atoms with van der Waals surface area (Å²) in [5, 5.41) is 26.3. The van der Waals surface area contributed by atoms with Crippen molar-refractivity contribution in [3.05, 3.63) is 95.1 Å². The SMILES string of the molecule is C=C1[C@@H](OC(=O)[C@H](O)[C@@H](NC(=O)OC(C)(C)C)c2ccccc2)C[C@H](OC(C)=O)[C@]2(C)[C@@H]1C[C@]1(C(C)(C)O)CC(=O)C(C)=C1[C@@H](OC(=O)c1ccccc1)[C@@H]2OC(C)=O. The van der Waals surface area contributed by atoms with E-state index in [4.69, 9.17) is 23.7 Å². The maximum absolute atomic E-state index is 14.1. The monoisotopic (exact) mass is 817 g/mol.